The smallest absolute Gasteiger partial charge is 0.0794 e. The van der Waals surface area contributed by atoms with E-state index in [1.54, 1.807) is 11.3 Å². The van der Waals surface area contributed by atoms with Crippen LogP contribution in [0.4, 0.5) is 0 Å². The van der Waals surface area contributed by atoms with E-state index in [1.165, 1.54) is 24.5 Å². The van der Waals surface area contributed by atoms with Crippen molar-refractivity contribution in [3.05, 3.63) is 16.6 Å². The highest BCUT2D eigenvalue weighted by Gasteiger charge is 2.10. The molecule has 1 fully saturated rings. The molecule has 0 saturated carbocycles. The number of hydrogen-bond acceptors (Lipinski definition) is 5. The molecule has 16 heavy (non-hydrogen) atoms. The summed E-state index contributed by atoms with van der Waals surface area (Å²) in [5.41, 5.74) is 1.90. The molecule has 1 saturated heterocycles. The minimum atomic E-state index is 1.02. The Morgan fingerprint density at radius 1 is 1.50 bits per heavy atom. The summed E-state index contributed by atoms with van der Waals surface area (Å²) in [6, 6.07) is 0. The first-order valence-electron chi connectivity index (χ1n) is 5.83. The van der Waals surface area contributed by atoms with Gasteiger partial charge < -0.3 is 5.32 Å². The molecule has 0 spiro atoms. The van der Waals surface area contributed by atoms with Crippen LogP contribution in [0.3, 0.4) is 0 Å². The van der Waals surface area contributed by atoms with Crippen molar-refractivity contribution in [3.8, 4) is 0 Å². The van der Waals surface area contributed by atoms with Gasteiger partial charge in [-0.15, -0.1) is 11.3 Å². The van der Waals surface area contributed by atoms with Crippen LogP contribution >= 0.6 is 11.3 Å². The van der Waals surface area contributed by atoms with Gasteiger partial charge >= 0.3 is 0 Å². The molecule has 0 amide bonds. The van der Waals surface area contributed by atoms with Crippen LogP contribution in [0.2, 0.25) is 0 Å². The Hall–Kier alpha value is -0.490. The molecule has 0 aliphatic carbocycles. The van der Waals surface area contributed by atoms with Crippen LogP contribution in [0, 0.1) is 0 Å². The number of rotatable bonds is 5. The number of piperazine rings is 1. The summed E-state index contributed by atoms with van der Waals surface area (Å²) in [6.07, 6.45) is 1.96. The number of aromatic nitrogens is 1. The molecule has 0 aromatic carbocycles. The van der Waals surface area contributed by atoms with Gasteiger partial charge in [-0.3, -0.25) is 14.8 Å². The van der Waals surface area contributed by atoms with Crippen molar-refractivity contribution >= 4 is 11.3 Å². The van der Waals surface area contributed by atoms with Crippen molar-refractivity contribution in [2.24, 2.45) is 0 Å². The molecule has 90 valence electrons. The Labute approximate surface area is 101 Å². The lowest BCUT2D eigenvalue weighted by molar-refractivity contribution is 0.203. The van der Waals surface area contributed by atoms with Gasteiger partial charge in [0.25, 0.3) is 0 Å². The van der Waals surface area contributed by atoms with E-state index in [0.717, 1.165) is 26.2 Å². The maximum Gasteiger partial charge on any atom is 0.0794 e. The van der Waals surface area contributed by atoms with Gasteiger partial charge in [-0.2, -0.15) is 0 Å². The molecule has 1 aliphatic rings. The largest absolute Gasteiger partial charge is 0.314 e. The molecule has 1 aromatic heterocycles. The zero-order valence-electron chi connectivity index (χ0n) is 9.85. The number of hydrogen-bond donors (Lipinski definition) is 1. The van der Waals surface area contributed by atoms with E-state index in [2.05, 4.69) is 27.1 Å². The summed E-state index contributed by atoms with van der Waals surface area (Å²) in [6.45, 7) is 7.99. The maximum absolute atomic E-state index is 4.10. The standard InChI is InChI=1S/C11H20N4S/c1-14(9-11-8-13-10-16-11)6-7-15-4-2-12-3-5-15/h8,10,12H,2-7,9H2,1H3. The van der Waals surface area contributed by atoms with Crippen LogP contribution in [0.5, 0.6) is 0 Å². The van der Waals surface area contributed by atoms with Gasteiger partial charge in [0.05, 0.1) is 5.51 Å². The third-order valence-electron chi connectivity index (χ3n) is 2.92. The van der Waals surface area contributed by atoms with Crippen molar-refractivity contribution < 1.29 is 0 Å². The van der Waals surface area contributed by atoms with Crippen LogP contribution in [-0.4, -0.2) is 61.1 Å². The molecule has 2 heterocycles. The Kier molecular flexibility index (Phi) is 4.71. The molecular formula is C11H20N4S. The van der Waals surface area contributed by atoms with E-state index >= 15 is 0 Å². The fourth-order valence-electron chi connectivity index (χ4n) is 1.91. The predicted molar refractivity (Wildman–Crippen MR) is 67.8 cm³/mol. The van der Waals surface area contributed by atoms with E-state index in [4.69, 9.17) is 0 Å². The van der Waals surface area contributed by atoms with Crippen LogP contribution in [-0.2, 0) is 6.54 Å². The minimum Gasteiger partial charge on any atom is -0.314 e. The molecule has 2 rings (SSSR count). The van der Waals surface area contributed by atoms with Crippen LogP contribution in [0.1, 0.15) is 4.88 Å². The van der Waals surface area contributed by atoms with E-state index < -0.39 is 0 Å². The lowest BCUT2D eigenvalue weighted by atomic mass is 10.3. The summed E-state index contributed by atoms with van der Waals surface area (Å²) in [5.74, 6) is 0. The lowest BCUT2D eigenvalue weighted by Gasteiger charge is -2.28. The highest BCUT2D eigenvalue weighted by molar-refractivity contribution is 7.09. The molecule has 1 aromatic rings. The quantitative estimate of drug-likeness (QED) is 0.811. The van der Waals surface area contributed by atoms with Gasteiger partial charge in [0, 0.05) is 56.9 Å². The molecule has 4 nitrogen and oxygen atoms in total. The number of likely N-dealkylation sites (N-methyl/N-ethyl adjacent to an activating group) is 1. The normalized spacial score (nSPS) is 18.1. The van der Waals surface area contributed by atoms with Crippen molar-refractivity contribution in [2.75, 3.05) is 46.3 Å². The predicted octanol–water partition coefficient (Wildman–Crippen LogP) is 0.480. The van der Waals surface area contributed by atoms with Crippen molar-refractivity contribution in [1.29, 1.82) is 0 Å². The monoisotopic (exact) mass is 240 g/mol. The maximum atomic E-state index is 4.10. The topological polar surface area (TPSA) is 31.4 Å². The second kappa shape index (κ2) is 6.30. The fourth-order valence-corrected chi connectivity index (χ4v) is 2.59. The molecule has 1 aliphatic heterocycles. The summed E-state index contributed by atoms with van der Waals surface area (Å²) < 4.78 is 0. The Balaban J connectivity index is 1.65. The van der Waals surface area contributed by atoms with E-state index in [1.807, 2.05) is 11.7 Å². The van der Waals surface area contributed by atoms with Gasteiger partial charge in [0.15, 0.2) is 0 Å². The highest BCUT2D eigenvalue weighted by atomic mass is 32.1. The highest BCUT2D eigenvalue weighted by Crippen LogP contribution is 2.08. The van der Waals surface area contributed by atoms with Gasteiger partial charge in [0.2, 0.25) is 0 Å². The molecule has 0 unspecified atom stereocenters. The second-order valence-corrected chi connectivity index (χ2v) is 5.27. The third kappa shape index (κ3) is 3.83. The lowest BCUT2D eigenvalue weighted by Crippen LogP contribution is -2.45. The number of thiazole rings is 1. The first kappa shape index (κ1) is 12.0. The SMILES string of the molecule is CN(CCN1CCNCC1)Cc1cncs1. The van der Waals surface area contributed by atoms with Gasteiger partial charge in [-0.25, -0.2) is 0 Å². The first-order chi connectivity index (χ1) is 7.84. The zero-order valence-corrected chi connectivity index (χ0v) is 10.7. The summed E-state index contributed by atoms with van der Waals surface area (Å²) >= 11 is 1.74. The third-order valence-corrected chi connectivity index (χ3v) is 3.68. The average molecular weight is 240 g/mol. The van der Waals surface area contributed by atoms with Gasteiger partial charge in [-0.05, 0) is 7.05 Å². The minimum absolute atomic E-state index is 1.02. The van der Waals surface area contributed by atoms with E-state index in [0.29, 0.717) is 0 Å². The van der Waals surface area contributed by atoms with Crippen molar-refractivity contribution in [3.63, 3.8) is 0 Å². The van der Waals surface area contributed by atoms with Crippen LogP contribution < -0.4 is 5.32 Å². The molecular weight excluding hydrogens is 220 g/mol. The van der Waals surface area contributed by atoms with Gasteiger partial charge in [-0.1, -0.05) is 0 Å². The Morgan fingerprint density at radius 2 is 2.31 bits per heavy atom. The summed E-state index contributed by atoms with van der Waals surface area (Å²) in [7, 11) is 2.18. The van der Waals surface area contributed by atoms with Gasteiger partial charge in [0.1, 0.15) is 0 Å². The number of nitrogens with zero attached hydrogens (tertiary/aromatic N) is 3. The van der Waals surface area contributed by atoms with Crippen molar-refractivity contribution in [1.82, 2.24) is 20.1 Å². The average Bonchev–Trinajstić information content (AvgIpc) is 2.81. The van der Waals surface area contributed by atoms with E-state index in [9.17, 15) is 0 Å². The van der Waals surface area contributed by atoms with Crippen molar-refractivity contribution in [2.45, 2.75) is 6.54 Å². The molecule has 0 atom stereocenters. The first-order valence-corrected chi connectivity index (χ1v) is 6.71. The Bertz CT molecular complexity index is 282. The molecule has 1 N–H and O–H groups in total. The fraction of sp³-hybridized carbons (Fsp3) is 0.727. The Morgan fingerprint density at radius 3 is 3.00 bits per heavy atom. The number of nitrogens with one attached hydrogen (secondary N) is 1. The van der Waals surface area contributed by atoms with E-state index in [-0.39, 0.29) is 0 Å². The zero-order chi connectivity index (χ0) is 11.2. The molecule has 0 radical (unpaired) electrons. The summed E-state index contributed by atoms with van der Waals surface area (Å²) in [5, 5.41) is 3.38. The molecule has 0 bridgehead atoms. The van der Waals surface area contributed by atoms with Crippen LogP contribution in [0.15, 0.2) is 11.7 Å². The molecule has 5 heteroatoms. The summed E-state index contributed by atoms with van der Waals surface area (Å²) in [4.78, 5) is 10.3. The second-order valence-electron chi connectivity index (χ2n) is 4.30. The van der Waals surface area contributed by atoms with Crippen LogP contribution in [0.25, 0.3) is 0 Å².